The third-order valence-electron chi connectivity index (χ3n) is 6.18. The Labute approximate surface area is 170 Å². The van der Waals surface area contributed by atoms with Gasteiger partial charge in [0.1, 0.15) is 11.5 Å². The third-order valence-corrected chi connectivity index (χ3v) is 6.18. The van der Waals surface area contributed by atoms with Crippen molar-refractivity contribution in [3.63, 3.8) is 0 Å². The molecule has 1 saturated carbocycles. The maximum atomic E-state index is 15.7. The lowest BCUT2D eigenvalue weighted by atomic mass is 10.1. The molecular formula is C20H21F2N3O5. The topological polar surface area (TPSA) is 84.2 Å². The van der Waals surface area contributed by atoms with E-state index in [4.69, 9.17) is 9.84 Å². The number of pyridine rings is 1. The Morgan fingerprint density at radius 1 is 1.30 bits per heavy atom. The standard InChI is InChI=1S/C20H21F2N3O5/c1-23-4-5-29-14-8-24(7-13(14)23)18-12(21)6-11-17(16(18)22)25(10-2-3-10)9-15(19(11)26)30-20(27)28/h6,9-10,13-14H,2-5,7-8H2,1H3,(H,27,28). The Morgan fingerprint density at radius 3 is 2.73 bits per heavy atom. The molecule has 5 rings (SSSR count). The van der Waals surface area contributed by atoms with E-state index in [-0.39, 0.29) is 34.8 Å². The quantitative estimate of drug-likeness (QED) is 0.761. The van der Waals surface area contributed by atoms with Crippen LogP contribution >= 0.6 is 0 Å². The Bertz CT molecular complexity index is 1100. The number of benzene rings is 1. The molecule has 1 aromatic carbocycles. The van der Waals surface area contributed by atoms with E-state index in [9.17, 15) is 9.59 Å². The molecule has 1 aromatic heterocycles. The van der Waals surface area contributed by atoms with Crippen molar-refractivity contribution in [2.45, 2.75) is 31.0 Å². The summed E-state index contributed by atoms with van der Waals surface area (Å²) in [6.07, 6.45) is 0.916. The third kappa shape index (κ3) is 3.02. The van der Waals surface area contributed by atoms with E-state index in [0.717, 1.165) is 25.5 Å². The van der Waals surface area contributed by atoms with Crippen LogP contribution in [0, 0.1) is 11.6 Å². The van der Waals surface area contributed by atoms with Crippen LogP contribution in [0.25, 0.3) is 10.9 Å². The lowest BCUT2D eigenvalue weighted by Crippen LogP contribution is -2.48. The molecule has 160 valence electrons. The van der Waals surface area contributed by atoms with E-state index in [1.807, 2.05) is 7.05 Å². The number of halogens is 2. The molecule has 2 unspecified atom stereocenters. The fourth-order valence-corrected chi connectivity index (χ4v) is 4.54. The van der Waals surface area contributed by atoms with Crippen molar-refractivity contribution in [1.29, 1.82) is 0 Å². The molecule has 0 bridgehead atoms. The highest BCUT2D eigenvalue weighted by atomic mass is 19.1. The van der Waals surface area contributed by atoms with Crippen LogP contribution in [0.3, 0.4) is 0 Å². The molecule has 2 atom stereocenters. The Hall–Kier alpha value is -2.72. The highest BCUT2D eigenvalue weighted by molar-refractivity contribution is 5.86. The molecule has 0 amide bonds. The number of carboxylic acid groups (broad SMARTS) is 1. The van der Waals surface area contributed by atoms with Crippen LogP contribution in [0.1, 0.15) is 18.9 Å². The molecule has 3 fully saturated rings. The number of hydrogen-bond acceptors (Lipinski definition) is 6. The van der Waals surface area contributed by atoms with Gasteiger partial charge in [-0.05, 0) is 26.0 Å². The van der Waals surface area contributed by atoms with Crippen molar-refractivity contribution < 1.29 is 28.2 Å². The van der Waals surface area contributed by atoms with Crippen LogP contribution in [0.4, 0.5) is 19.3 Å². The second-order valence-corrected chi connectivity index (χ2v) is 8.11. The summed E-state index contributed by atoms with van der Waals surface area (Å²) in [6.45, 7) is 2.09. The number of morpholine rings is 1. The fourth-order valence-electron chi connectivity index (χ4n) is 4.54. The number of hydrogen-bond donors (Lipinski definition) is 1. The highest BCUT2D eigenvalue weighted by Crippen LogP contribution is 2.41. The molecular weight excluding hydrogens is 400 g/mol. The highest BCUT2D eigenvalue weighted by Gasteiger charge is 2.41. The maximum absolute atomic E-state index is 15.7. The van der Waals surface area contributed by atoms with Crippen LogP contribution in [0.2, 0.25) is 0 Å². The van der Waals surface area contributed by atoms with Crippen LogP contribution in [-0.4, -0.2) is 66.2 Å². The molecule has 2 aliphatic heterocycles. The minimum Gasteiger partial charge on any atom is -0.449 e. The SMILES string of the molecule is CN1CCOC2CN(c3c(F)cc4c(=O)c(OC(=O)O)cn(C5CC5)c4c3F)CC21. The fraction of sp³-hybridized carbons (Fsp3) is 0.500. The second-order valence-electron chi connectivity index (χ2n) is 8.11. The first-order chi connectivity index (χ1) is 14.3. The Morgan fingerprint density at radius 2 is 2.07 bits per heavy atom. The summed E-state index contributed by atoms with van der Waals surface area (Å²) in [5.74, 6) is -2.15. The molecule has 0 radical (unpaired) electrons. The van der Waals surface area contributed by atoms with E-state index < -0.39 is 29.0 Å². The van der Waals surface area contributed by atoms with Gasteiger partial charge in [0.2, 0.25) is 5.43 Å². The van der Waals surface area contributed by atoms with Gasteiger partial charge in [-0.2, -0.15) is 0 Å². The van der Waals surface area contributed by atoms with Gasteiger partial charge in [0.25, 0.3) is 0 Å². The zero-order valence-electron chi connectivity index (χ0n) is 16.3. The summed E-state index contributed by atoms with van der Waals surface area (Å²) in [6, 6.07) is 0.925. The molecule has 2 saturated heterocycles. The van der Waals surface area contributed by atoms with Gasteiger partial charge in [-0.15, -0.1) is 0 Å². The number of ether oxygens (including phenoxy) is 2. The van der Waals surface area contributed by atoms with Crippen LogP contribution in [-0.2, 0) is 4.74 Å². The zero-order valence-corrected chi connectivity index (χ0v) is 16.3. The van der Waals surface area contributed by atoms with Crippen molar-refractivity contribution in [2.24, 2.45) is 0 Å². The summed E-state index contributed by atoms with van der Waals surface area (Å²) in [7, 11) is 1.96. The van der Waals surface area contributed by atoms with Gasteiger partial charge >= 0.3 is 6.16 Å². The lowest BCUT2D eigenvalue weighted by Gasteiger charge is -2.33. The normalized spacial score (nSPS) is 24.3. The van der Waals surface area contributed by atoms with E-state index in [1.165, 1.54) is 10.8 Å². The van der Waals surface area contributed by atoms with E-state index in [0.29, 0.717) is 19.7 Å². The van der Waals surface area contributed by atoms with Crippen molar-refractivity contribution in [1.82, 2.24) is 9.47 Å². The van der Waals surface area contributed by atoms with Gasteiger partial charge in [-0.1, -0.05) is 0 Å². The second kappa shape index (κ2) is 6.92. The van der Waals surface area contributed by atoms with Gasteiger partial charge in [0.15, 0.2) is 11.6 Å². The smallest absolute Gasteiger partial charge is 0.449 e. The van der Waals surface area contributed by atoms with Crippen LogP contribution in [0.5, 0.6) is 5.75 Å². The minimum absolute atomic E-state index is 0.0271. The molecule has 2 aromatic rings. The molecule has 3 heterocycles. The van der Waals surface area contributed by atoms with Crippen molar-refractivity contribution >= 4 is 22.7 Å². The van der Waals surface area contributed by atoms with E-state index in [1.54, 1.807) is 4.90 Å². The lowest BCUT2D eigenvalue weighted by molar-refractivity contribution is -0.0362. The van der Waals surface area contributed by atoms with Crippen molar-refractivity contribution in [3.05, 3.63) is 34.1 Å². The van der Waals surface area contributed by atoms with Gasteiger partial charge in [-0.3, -0.25) is 9.69 Å². The monoisotopic (exact) mass is 421 g/mol. The van der Waals surface area contributed by atoms with Crippen molar-refractivity contribution in [2.75, 3.05) is 38.2 Å². The van der Waals surface area contributed by atoms with Gasteiger partial charge in [0, 0.05) is 25.7 Å². The number of nitrogens with zero attached hydrogens (tertiary/aromatic N) is 3. The van der Waals surface area contributed by atoms with Crippen molar-refractivity contribution in [3.8, 4) is 5.75 Å². The molecule has 1 N–H and O–H groups in total. The summed E-state index contributed by atoms with van der Waals surface area (Å²) in [5, 5.41) is 8.66. The van der Waals surface area contributed by atoms with Crippen LogP contribution < -0.4 is 15.1 Å². The number of aromatic nitrogens is 1. The number of anilines is 1. The van der Waals surface area contributed by atoms with E-state index >= 15 is 8.78 Å². The summed E-state index contributed by atoms with van der Waals surface area (Å²) in [5.41, 5.74) is -1.07. The van der Waals surface area contributed by atoms with Crippen LogP contribution in [0.15, 0.2) is 17.1 Å². The molecule has 3 aliphatic rings. The Balaban J connectivity index is 1.65. The number of rotatable bonds is 3. The van der Waals surface area contributed by atoms with Gasteiger partial charge in [0.05, 0.1) is 35.9 Å². The molecule has 8 nitrogen and oxygen atoms in total. The average molecular weight is 421 g/mol. The Kier molecular flexibility index (Phi) is 4.44. The first-order valence-corrected chi connectivity index (χ1v) is 9.89. The molecule has 30 heavy (non-hydrogen) atoms. The van der Waals surface area contributed by atoms with Gasteiger partial charge in [-0.25, -0.2) is 13.6 Å². The minimum atomic E-state index is -1.66. The molecule has 10 heteroatoms. The summed E-state index contributed by atoms with van der Waals surface area (Å²) in [4.78, 5) is 27.3. The van der Waals surface area contributed by atoms with E-state index in [2.05, 4.69) is 9.64 Å². The largest absolute Gasteiger partial charge is 0.511 e. The molecule has 1 aliphatic carbocycles. The summed E-state index contributed by atoms with van der Waals surface area (Å²) >= 11 is 0. The average Bonchev–Trinajstić information content (AvgIpc) is 3.43. The number of carbonyl (C=O) groups is 1. The first-order valence-electron chi connectivity index (χ1n) is 9.89. The summed E-state index contributed by atoms with van der Waals surface area (Å²) < 4.78 is 42.7. The number of fused-ring (bicyclic) bond motifs is 2. The predicted octanol–water partition coefficient (Wildman–Crippen LogP) is 2.19. The predicted molar refractivity (Wildman–Crippen MR) is 103 cm³/mol. The maximum Gasteiger partial charge on any atom is 0.511 e. The zero-order chi connectivity index (χ0) is 21.2. The molecule has 0 spiro atoms. The first kappa shape index (κ1) is 19.3. The number of likely N-dealkylation sites (N-methyl/N-ethyl adjacent to an activating group) is 1. The van der Waals surface area contributed by atoms with Gasteiger partial charge < -0.3 is 24.0 Å².